The fourth-order valence-corrected chi connectivity index (χ4v) is 4.07. The lowest BCUT2D eigenvalue weighted by Gasteiger charge is -2.49. The molecule has 21 heavy (non-hydrogen) atoms. The smallest absolute Gasteiger partial charge is 0.0406 e. The van der Waals surface area contributed by atoms with E-state index in [0.717, 1.165) is 18.1 Å². The molecule has 1 saturated heterocycles. The van der Waals surface area contributed by atoms with Crippen LogP contribution < -0.4 is 5.32 Å². The second kappa shape index (κ2) is 6.28. The van der Waals surface area contributed by atoms with Crippen molar-refractivity contribution in [3.63, 3.8) is 0 Å². The molecule has 2 nitrogen and oxygen atoms in total. The monoisotopic (exact) mass is 306 g/mol. The van der Waals surface area contributed by atoms with Crippen LogP contribution in [0, 0.1) is 5.92 Å². The van der Waals surface area contributed by atoms with Gasteiger partial charge in [0.1, 0.15) is 0 Å². The van der Waals surface area contributed by atoms with Crippen LogP contribution in [-0.4, -0.2) is 29.6 Å². The molecule has 116 valence electrons. The zero-order valence-electron chi connectivity index (χ0n) is 13.2. The van der Waals surface area contributed by atoms with Gasteiger partial charge in [0.15, 0.2) is 0 Å². The van der Waals surface area contributed by atoms with Crippen molar-refractivity contribution in [2.75, 3.05) is 13.1 Å². The van der Waals surface area contributed by atoms with Gasteiger partial charge >= 0.3 is 0 Å². The number of halogens is 1. The van der Waals surface area contributed by atoms with Crippen LogP contribution in [-0.2, 0) is 6.54 Å². The Morgan fingerprint density at radius 2 is 1.90 bits per heavy atom. The molecule has 0 bridgehead atoms. The van der Waals surface area contributed by atoms with Gasteiger partial charge < -0.3 is 5.32 Å². The van der Waals surface area contributed by atoms with Crippen LogP contribution >= 0.6 is 11.6 Å². The maximum absolute atomic E-state index is 6.02. The largest absolute Gasteiger partial charge is 0.311 e. The molecule has 3 rings (SSSR count). The Bertz CT molecular complexity index is 463. The van der Waals surface area contributed by atoms with Crippen molar-refractivity contribution in [1.82, 2.24) is 10.2 Å². The number of benzene rings is 1. The fourth-order valence-electron chi connectivity index (χ4n) is 3.94. The van der Waals surface area contributed by atoms with Crippen LogP contribution in [0.4, 0.5) is 0 Å². The molecule has 1 atom stereocenters. The average molecular weight is 307 g/mol. The maximum Gasteiger partial charge on any atom is 0.0406 e. The minimum absolute atomic E-state index is 0.394. The van der Waals surface area contributed by atoms with Gasteiger partial charge in [-0.2, -0.15) is 0 Å². The van der Waals surface area contributed by atoms with E-state index < -0.39 is 0 Å². The van der Waals surface area contributed by atoms with Crippen molar-refractivity contribution in [2.45, 2.75) is 57.7 Å². The minimum Gasteiger partial charge on any atom is -0.311 e. The molecule has 0 amide bonds. The quantitative estimate of drug-likeness (QED) is 0.905. The van der Waals surface area contributed by atoms with Gasteiger partial charge in [-0.15, -0.1) is 0 Å². The molecule has 2 aliphatic rings. The van der Waals surface area contributed by atoms with E-state index in [1.165, 1.54) is 37.8 Å². The van der Waals surface area contributed by atoms with E-state index >= 15 is 0 Å². The van der Waals surface area contributed by atoms with E-state index in [1.54, 1.807) is 0 Å². The Kier molecular flexibility index (Phi) is 4.58. The second-order valence-corrected chi connectivity index (χ2v) is 7.61. The summed E-state index contributed by atoms with van der Waals surface area (Å²) in [7, 11) is 0. The van der Waals surface area contributed by atoms with Gasteiger partial charge in [0, 0.05) is 36.2 Å². The van der Waals surface area contributed by atoms with Crippen molar-refractivity contribution < 1.29 is 0 Å². The molecule has 0 radical (unpaired) electrons. The first kappa shape index (κ1) is 15.3. The van der Waals surface area contributed by atoms with Crippen molar-refractivity contribution in [2.24, 2.45) is 5.92 Å². The van der Waals surface area contributed by atoms with Crippen LogP contribution in [0.5, 0.6) is 0 Å². The summed E-state index contributed by atoms with van der Waals surface area (Å²) in [4.78, 5) is 2.75. The average Bonchev–Trinajstić information content (AvgIpc) is 2.93. The van der Waals surface area contributed by atoms with Gasteiger partial charge in [-0.05, 0) is 36.5 Å². The van der Waals surface area contributed by atoms with Crippen molar-refractivity contribution >= 4 is 11.6 Å². The molecule has 1 aromatic rings. The van der Waals surface area contributed by atoms with Crippen molar-refractivity contribution in [3.05, 3.63) is 34.9 Å². The first-order valence-electron chi connectivity index (χ1n) is 8.32. The third-order valence-corrected chi connectivity index (χ3v) is 5.66. The zero-order chi connectivity index (χ0) is 14.9. The highest BCUT2D eigenvalue weighted by Crippen LogP contribution is 2.38. The number of rotatable bonds is 3. The lowest BCUT2D eigenvalue weighted by atomic mass is 9.88. The van der Waals surface area contributed by atoms with Gasteiger partial charge in [-0.1, -0.05) is 50.4 Å². The summed E-state index contributed by atoms with van der Waals surface area (Å²) in [6.07, 6.45) is 5.45. The number of hydrogen-bond donors (Lipinski definition) is 1. The normalized spacial score (nSPS) is 25.8. The fraction of sp³-hybridized carbons (Fsp3) is 0.667. The maximum atomic E-state index is 6.02. The molecule has 0 aromatic heterocycles. The molecular formula is C18H27ClN2. The number of nitrogens with zero attached hydrogens (tertiary/aromatic N) is 1. The molecule has 1 saturated carbocycles. The predicted octanol–water partition coefficient (Wildman–Crippen LogP) is 4.08. The molecular weight excluding hydrogens is 280 g/mol. The summed E-state index contributed by atoms with van der Waals surface area (Å²) in [5.41, 5.74) is 1.78. The first-order chi connectivity index (χ1) is 10.1. The molecule has 1 spiro atoms. The third-order valence-electron chi connectivity index (χ3n) is 5.41. The Balaban J connectivity index is 1.78. The van der Waals surface area contributed by atoms with E-state index in [2.05, 4.69) is 36.2 Å². The molecule has 3 heteroatoms. The Morgan fingerprint density at radius 1 is 1.24 bits per heavy atom. The van der Waals surface area contributed by atoms with Gasteiger partial charge in [0.2, 0.25) is 0 Å². The third kappa shape index (κ3) is 3.28. The van der Waals surface area contributed by atoms with Crippen LogP contribution in [0.1, 0.15) is 45.1 Å². The summed E-state index contributed by atoms with van der Waals surface area (Å²) in [5.74, 6) is 0.691. The first-order valence-corrected chi connectivity index (χ1v) is 8.70. The van der Waals surface area contributed by atoms with Gasteiger partial charge in [-0.3, -0.25) is 4.90 Å². The number of hydrogen-bond acceptors (Lipinski definition) is 2. The van der Waals surface area contributed by atoms with Crippen molar-refractivity contribution in [1.29, 1.82) is 0 Å². The van der Waals surface area contributed by atoms with Crippen LogP contribution in [0.15, 0.2) is 24.3 Å². The van der Waals surface area contributed by atoms with Crippen molar-refractivity contribution in [3.8, 4) is 0 Å². The Labute approximate surface area is 133 Å². The summed E-state index contributed by atoms with van der Waals surface area (Å²) in [5, 5.41) is 4.64. The van der Waals surface area contributed by atoms with Crippen LogP contribution in [0.25, 0.3) is 0 Å². The van der Waals surface area contributed by atoms with Gasteiger partial charge in [0.05, 0.1) is 0 Å². The van der Waals surface area contributed by atoms with Crippen LogP contribution in [0.2, 0.25) is 5.02 Å². The molecule has 1 aliphatic heterocycles. The summed E-state index contributed by atoms with van der Waals surface area (Å²) in [6, 6.07) is 9.00. The van der Waals surface area contributed by atoms with Gasteiger partial charge in [0.25, 0.3) is 0 Å². The Hall–Kier alpha value is -0.570. The van der Waals surface area contributed by atoms with Gasteiger partial charge in [-0.25, -0.2) is 0 Å². The lowest BCUT2D eigenvalue weighted by molar-refractivity contribution is 0.0261. The van der Waals surface area contributed by atoms with E-state index in [0.29, 0.717) is 17.5 Å². The Morgan fingerprint density at radius 3 is 2.52 bits per heavy atom. The van der Waals surface area contributed by atoms with E-state index in [-0.39, 0.29) is 0 Å². The molecule has 1 unspecified atom stereocenters. The molecule has 1 N–H and O–H groups in total. The highest BCUT2D eigenvalue weighted by Gasteiger charge is 2.43. The summed E-state index contributed by atoms with van der Waals surface area (Å²) in [6.45, 7) is 8.03. The molecule has 1 aromatic carbocycles. The highest BCUT2D eigenvalue weighted by molar-refractivity contribution is 6.30. The molecule has 1 heterocycles. The number of piperazine rings is 1. The van der Waals surface area contributed by atoms with E-state index in [4.69, 9.17) is 11.6 Å². The second-order valence-electron chi connectivity index (χ2n) is 7.17. The molecule has 2 fully saturated rings. The van der Waals surface area contributed by atoms with E-state index in [1.807, 2.05) is 12.1 Å². The molecule has 1 aliphatic carbocycles. The minimum atomic E-state index is 0.394. The van der Waals surface area contributed by atoms with Crippen LogP contribution in [0.3, 0.4) is 0 Å². The van der Waals surface area contributed by atoms with E-state index in [9.17, 15) is 0 Å². The SMILES string of the molecule is CC(C)C1CN(Cc2ccc(Cl)cc2)C2(CCCC2)CN1. The highest BCUT2D eigenvalue weighted by atomic mass is 35.5. The predicted molar refractivity (Wildman–Crippen MR) is 89.7 cm³/mol. The standard InChI is InChI=1S/C18H27ClN2/c1-14(2)17-12-21(11-15-5-7-16(19)8-6-15)18(13-20-17)9-3-4-10-18/h5-8,14,17,20H,3-4,9-13H2,1-2H3. The summed E-state index contributed by atoms with van der Waals surface area (Å²) < 4.78 is 0. The summed E-state index contributed by atoms with van der Waals surface area (Å²) >= 11 is 6.02. The lowest BCUT2D eigenvalue weighted by Crippen LogP contribution is -2.64. The zero-order valence-corrected chi connectivity index (χ0v) is 14.0. The topological polar surface area (TPSA) is 15.3 Å². The number of nitrogens with one attached hydrogen (secondary N) is 1.